The topological polar surface area (TPSA) is 122 Å². The van der Waals surface area contributed by atoms with Crippen molar-refractivity contribution in [1.82, 2.24) is 15.2 Å². The van der Waals surface area contributed by atoms with Crippen LogP contribution in [0, 0.1) is 11.8 Å². The molecule has 0 unspecified atom stereocenters. The zero-order valence-electron chi connectivity index (χ0n) is 43.5. The lowest BCUT2D eigenvalue weighted by molar-refractivity contribution is -0.154. The van der Waals surface area contributed by atoms with Gasteiger partial charge in [-0.2, -0.15) is 0 Å². The van der Waals surface area contributed by atoms with Crippen LogP contribution < -0.4 is 10.6 Å². The molecule has 2 aliphatic heterocycles. The van der Waals surface area contributed by atoms with E-state index in [1.807, 2.05) is 206 Å². The maximum atomic E-state index is 15.5. The quantitative estimate of drug-likeness (QED) is 0.0218. The number of nitrogens with zero attached hydrogens (tertiary/aromatic N) is 3. The number of hydrogen-bond donors (Lipinski definition) is 2. The molecular formula is C68H53N5O5S2. The van der Waals surface area contributed by atoms with Crippen molar-refractivity contribution in [3.63, 3.8) is 0 Å². The zero-order valence-corrected chi connectivity index (χ0v) is 45.1. The Morgan fingerprint density at radius 1 is 0.650 bits per heavy atom. The molecule has 2 N–H and O–H groups in total. The van der Waals surface area contributed by atoms with E-state index in [1.165, 1.54) is 28.0 Å². The average molecular weight is 1080 g/mol. The van der Waals surface area contributed by atoms with Crippen molar-refractivity contribution in [3.8, 4) is 11.8 Å². The number of β-lactam (4-membered cyclic amide) rings is 1. The van der Waals surface area contributed by atoms with E-state index in [4.69, 9.17) is 19.7 Å². The van der Waals surface area contributed by atoms with E-state index in [2.05, 4.69) is 58.9 Å². The van der Waals surface area contributed by atoms with E-state index in [1.54, 1.807) is 24.5 Å². The third-order valence-corrected chi connectivity index (χ3v) is 16.2. The highest BCUT2D eigenvalue weighted by atomic mass is 32.2. The molecule has 12 heteroatoms. The minimum Gasteiger partial charge on any atom is -0.448 e. The number of aromatic nitrogens is 1. The normalized spacial score (nSPS) is 15.3. The van der Waals surface area contributed by atoms with Gasteiger partial charge in [0.05, 0.1) is 0 Å². The van der Waals surface area contributed by atoms with Crippen molar-refractivity contribution in [3.05, 3.63) is 322 Å². The molecule has 2 atom stereocenters. The van der Waals surface area contributed by atoms with Crippen molar-refractivity contribution in [2.24, 2.45) is 5.16 Å². The molecule has 0 saturated carbocycles. The van der Waals surface area contributed by atoms with E-state index in [9.17, 15) is 9.59 Å². The van der Waals surface area contributed by atoms with Gasteiger partial charge in [0, 0.05) is 27.8 Å². The Balaban J connectivity index is 0.991. The van der Waals surface area contributed by atoms with Gasteiger partial charge in [0.1, 0.15) is 28.3 Å². The predicted octanol–water partition coefficient (Wildman–Crippen LogP) is 12.8. The molecule has 9 aromatic rings. The summed E-state index contributed by atoms with van der Waals surface area (Å²) in [4.78, 5) is 58.7. The number of allylic oxidation sites excluding steroid dienone is 2. The van der Waals surface area contributed by atoms with Crippen LogP contribution >= 0.6 is 23.1 Å². The lowest BCUT2D eigenvalue weighted by Gasteiger charge is -2.49. The predicted molar refractivity (Wildman–Crippen MR) is 317 cm³/mol. The van der Waals surface area contributed by atoms with Crippen LogP contribution in [0.3, 0.4) is 0 Å². The van der Waals surface area contributed by atoms with E-state index in [-0.39, 0.29) is 17.1 Å². The van der Waals surface area contributed by atoms with E-state index < -0.39 is 46.4 Å². The Kier molecular flexibility index (Phi) is 15.8. The van der Waals surface area contributed by atoms with Gasteiger partial charge in [-0.15, -0.1) is 29.0 Å². The Morgan fingerprint density at radius 3 is 1.54 bits per heavy atom. The number of oxime groups is 1. The molecule has 1 fully saturated rings. The van der Waals surface area contributed by atoms with Crippen LogP contribution in [0.15, 0.2) is 277 Å². The molecule has 11 rings (SSSR count). The van der Waals surface area contributed by atoms with E-state index in [0.29, 0.717) is 16.5 Å². The Hall–Kier alpha value is -9.54. The van der Waals surface area contributed by atoms with Crippen LogP contribution in [0.5, 0.6) is 0 Å². The number of esters is 1. The van der Waals surface area contributed by atoms with Crippen LogP contribution in [0.1, 0.15) is 63.2 Å². The molecule has 2 aliphatic rings. The Morgan fingerprint density at radius 2 is 1.09 bits per heavy atom. The summed E-state index contributed by atoms with van der Waals surface area (Å²) in [7, 11) is 0. The van der Waals surface area contributed by atoms with Gasteiger partial charge >= 0.3 is 5.97 Å². The van der Waals surface area contributed by atoms with Crippen molar-refractivity contribution >= 4 is 51.7 Å². The number of thiazole rings is 1. The number of carbonyl (C=O) groups excluding carboxylic acids is 3. The summed E-state index contributed by atoms with van der Waals surface area (Å²) in [5.74, 6) is 4.21. The lowest BCUT2D eigenvalue weighted by Crippen LogP contribution is -2.71. The van der Waals surface area contributed by atoms with E-state index >= 15 is 4.79 Å². The maximum Gasteiger partial charge on any atom is 0.356 e. The molecule has 8 aromatic carbocycles. The monoisotopic (exact) mass is 1080 g/mol. The fourth-order valence-electron chi connectivity index (χ4n) is 10.3. The highest BCUT2D eigenvalue weighted by molar-refractivity contribution is 8.00. The highest BCUT2D eigenvalue weighted by Gasteiger charge is 2.55. The third kappa shape index (κ3) is 10.5. The first-order chi connectivity index (χ1) is 39.4. The molecule has 3 heterocycles. The number of thioether (sulfide) groups is 1. The third-order valence-electron chi connectivity index (χ3n) is 14.1. The molecule has 0 aliphatic carbocycles. The summed E-state index contributed by atoms with van der Waals surface area (Å²) in [6.07, 6.45) is 2.62. The van der Waals surface area contributed by atoms with Crippen LogP contribution in [0.25, 0.3) is 0 Å². The van der Waals surface area contributed by atoms with Crippen LogP contribution in [-0.2, 0) is 35.1 Å². The average Bonchev–Trinajstić information content (AvgIpc) is 4.03. The zero-order chi connectivity index (χ0) is 54.7. The van der Waals surface area contributed by atoms with Gasteiger partial charge in [-0.1, -0.05) is 254 Å². The molecule has 1 saturated heterocycles. The van der Waals surface area contributed by atoms with Gasteiger partial charge < -0.3 is 20.2 Å². The van der Waals surface area contributed by atoms with Crippen molar-refractivity contribution in [2.45, 2.75) is 35.6 Å². The molecule has 1 aromatic heterocycles. The van der Waals surface area contributed by atoms with Gasteiger partial charge in [-0.05, 0) is 52.5 Å². The highest BCUT2D eigenvalue weighted by Crippen LogP contribution is 2.45. The van der Waals surface area contributed by atoms with Crippen LogP contribution in [-0.4, -0.2) is 50.5 Å². The summed E-state index contributed by atoms with van der Waals surface area (Å²) in [6, 6.07) is 77.6. The van der Waals surface area contributed by atoms with Crippen molar-refractivity contribution < 1.29 is 24.0 Å². The molecule has 0 spiro atoms. The molecule has 0 radical (unpaired) electrons. The summed E-state index contributed by atoms with van der Waals surface area (Å²) in [5.41, 5.74) is 5.03. The number of carbonyl (C=O) groups is 3. The second-order valence-electron chi connectivity index (χ2n) is 18.9. The molecule has 392 valence electrons. The molecule has 10 nitrogen and oxygen atoms in total. The molecule has 0 bridgehead atoms. The molecule has 2 amide bonds. The maximum absolute atomic E-state index is 15.5. The number of ether oxygens (including phenoxy) is 1. The van der Waals surface area contributed by atoms with Gasteiger partial charge in [-0.3, -0.25) is 14.5 Å². The minimum atomic E-state index is -1.37. The standard InChI is InChI=1S/C68H53N5O5S2/c1-2-3-12-33-50-46-79-64-59(63(75)73(64)60(50)65(76)77-61(48-29-13-4-14-30-48)49-31-15-5-16-32-49)70-62(74)58(72-78-68(54-40-23-9-24-41-54,55-42-25-10-26-43-55)56-44-27-11-28-45-56)57-47-80-66(69-57)71-67(51-34-17-6-18-35-51,52-36-19-7-20-37-52)53-38-21-8-22-39-53/h4-45,47,59,61,64H,46H2,1H3,(H,69,71)(H,70,74)/b33-12+,72-58-/t59-,64-/m1/s1. The number of amides is 2. The van der Waals surface area contributed by atoms with Crippen molar-refractivity contribution in [1.29, 1.82) is 0 Å². The number of nitrogens with one attached hydrogen (secondary N) is 2. The van der Waals surface area contributed by atoms with E-state index in [0.717, 1.165) is 44.5 Å². The number of anilines is 1. The van der Waals surface area contributed by atoms with Gasteiger partial charge in [0.2, 0.25) is 5.60 Å². The van der Waals surface area contributed by atoms with Gasteiger partial charge in [-0.25, -0.2) is 9.78 Å². The largest absolute Gasteiger partial charge is 0.448 e. The van der Waals surface area contributed by atoms with Crippen molar-refractivity contribution in [2.75, 3.05) is 11.1 Å². The summed E-state index contributed by atoms with van der Waals surface area (Å²) >= 11 is 2.73. The van der Waals surface area contributed by atoms with Gasteiger partial charge in [0.15, 0.2) is 16.9 Å². The number of fused-ring (bicyclic) bond motifs is 1. The Bertz CT molecular complexity index is 3530. The van der Waals surface area contributed by atoms with Crippen LogP contribution in [0.2, 0.25) is 0 Å². The first-order valence-electron chi connectivity index (χ1n) is 26.1. The summed E-state index contributed by atoms with van der Waals surface area (Å²) in [6.45, 7) is 1.72. The first-order valence-corrected chi connectivity index (χ1v) is 28.0. The second-order valence-corrected chi connectivity index (χ2v) is 20.9. The summed E-state index contributed by atoms with van der Waals surface area (Å²) < 4.78 is 6.40. The Labute approximate surface area is 473 Å². The first kappa shape index (κ1) is 52.5. The molecular weight excluding hydrogens is 1030 g/mol. The SMILES string of the molecule is CC#C/C=C/C1=C(C(=O)OC(c2ccccc2)c2ccccc2)N2C(=O)[C@@H](NC(=O)/C(=N\OC(c3ccccc3)(c3ccccc3)c3ccccc3)c3csc(NC(c4ccccc4)(c4ccccc4)c4ccccc4)n3)[C@H]2SC1. The fraction of sp³-hybridized carbons (Fsp3) is 0.103. The fourth-order valence-corrected chi connectivity index (χ4v) is 12.4. The minimum absolute atomic E-state index is 0.0832. The molecule has 80 heavy (non-hydrogen) atoms. The smallest absolute Gasteiger partial charge is 0.356 e. The number of hydrogen-bond acceptors (Lipinski definition) is 10. The van der Waals surface area contributed by atoms with Crippen LogP contribution in [0.4, 0.5) is 5.13 Å². The summed E-state index contributed by atoms with van der Waals surface area (Å²) in [5, 5.41) is 13.3. The lowest BCUT2D eigenvalue weighted by atomic mass is 9.77. The second kappa shape index (κ2) is 24.0. The number of benzene rings is 8. The van der Waals surface area contributed by atoms with Gasteiger partial charge in [0.25, 0.3) is 11.8 Å². The number of rotatable bonds is 18.